The molecule has 1 rings (SSSR count). The Balaban J connectivity index is 2.59. The molecule has 0 aliphatic carbocycles. The summed E-state index contributed by atoms with van der Waals surface area (Å²) < 4.78 is 18.1. The van der Waals surface area contributed by atoms with Gasteiger partial charge in [-0.15, -0.1) is 0 Å². The van der Waals surface area contributed by atoms with E-state index in [-0.39, 0.29) is 12.4 Å². The van der Waals surface area contributed by atoms with Crippen LogP contribution in [0.3, 0.4) is 0 Å². The molecule has 0 aliphatic rings. The maximum atomic E-state index is 13.3. The van der Waals surface area contributed by atoms with E-state index in [2.05, 4.69) is 5.32 Å². The van der Waals surface area contributed by atoms with E-state index >= 15 is 0 Å². The second-order valence-electron chi connectivity index (χ2n) is 2.85. The maximum absolute atomic E-state index is 13.3. The van der Waals surface area contributed by atoms with E-state index in [4.69, 9.17) is 9.84 Å². The van der Waals surface area contributed by atoms with Gasteiger partial charge in [0, 0.05) is 19.2 Å². The molecule has 0 saturated carbocycles. The molecule has 0 saturated heterocycles. The Bertz CT molecular complexity index is 291. The Kier molecular flexibility index (Phi) is 4.19. The third kappa shape index (κ3) is 2.88. The molecule has 4 heteroatoms. The lowest BCUT2D eigenvalue weighted by Gasteiger charge is -2.07. The van der Waals surface area contributed by atoms with E-state index in [1.807, 2.05) is 0 Å². The molecule has 0 bridgehead atoms. The summed E-state index contributed by atoms with van der Waals surface area (Å²) in [6, 6.07) is 4.62. The minimum absolute atomic E-state index is 0.102. The van der Waals surface area contributed by atoms with Gasteiger partial charge in [-0.1, -0.05) is 0 Å². The summed E-state index contributed by atoms with van der Waals surface area (Å²) in [5.74, 6) is 0.150. The molecule has 14 heavy (non-hydrogen) atoms. The van der Waals surface area contributed by atoms with Crippen LogP contribution in [0.2, 0.25) is 0 Å². The third-order valence-corrected chi connectivity index (χ3v) is 1.83. The first-order chi connectivity index (χ1) is 6.77. The molecule has 0 radical (unpaired) electrons. The number of rotatable bonds is 5. The van der Waals surface area contributed by atoms with Crippen molar-refractivity contribution in [3.05, 3.63) is 24.0 Å². The van der Waals surface area contributed by atoms with Crippen LogP contribution in [0.1, 0.15) is 6.42 Å². The van der Waals surface area contributed by atoms with Crippen molar-refractivity contribution in [1.82, 2.24) is 0 Å². The van der Waals surface area contributed by atoms with Crippen LogP contribution in [-0.4, -0.2) is 25.4 Å². The molecule has 3 nitrogen and oxygen atoms in total. The van der Waals surface area contributed by atoms with Crippen molar-refractivity contribution in [2.45, 2.75) is 6.42 Å². The van der Waals surface area contributed by atoms with Crippen LogP contribution in [0.15, 0.2) is 18.2 Å². The van der Waals surface area contributed by atoms with Crippen molar-refractivity contribution in [3.8, 4) is 5.75 Å². The molecule has 1 aromatic carbocycles. The summed E-state index contributed by atoms with van der Waals surface area (Å²) in [6.07, 6.45) is 0.603. The van der Waals surface area contributed by atoms with Crippen molar-refractivity contribution in [1.29, 1.82) is 0 Å². The van der Waals surface area contributed by atoms with Crippen LogP contribution in [-0.2, 0) is 0 Å². The fourth-order valence-corrected chi connectivity index (χ4v) is 1.07. The van der Waals surface area contributed by atoms with Crippen molar-refractivity contribution in [3.63, 3.8) is 0 Å². The quantitative estimate of drug-likeness (QED) is 0.708. The highest BCUT2D eigenvalue weighted by molar-refractivity contribution is 5.47. The Morgan fingerprint density at radius 3 is 2.86 bits per heavy atom. The van der Waals surface area contributed by atoms with E-state index in [9.17, 15) is 4.39 Å². The molecule has 2 N–H and O–H groups in total. The molecule has 1 aromatic rings. The number of anilines is 1. The van der Waals surface area contributed by atoms with E-state index < -0.39 is 0 Å². The molecule has 0 fully saturated rings. The Labute approximate surface area is 82.5 Å². The Hall–Kier alpha value is -1.29. The van der Waals surface area contributed by atoms with Crippen molar-refractivity contribution in [2.24, 2.45) is 0 Å². The van der Waals surface area contributed by atoms with Crippen LogP contribution in [0.25, 0.3) is 0 Å². The summed E-state index contributed by atoms with van der Waals surface area (Å²) in [5.41, 5.74) is 0.430. The van der Waals surface area contributed by atoms with Gasteiger partial charge in [0.05, 0.1) is 12.8 Å². The number of benzene rings is 1. The predicted molar refractivity (Wildman–Crippen MR) is 53.1 cm³/mol. The summed E-state index contributed by atoms with van der Waals surface area (Å²) in [4.78, 5) is 0. The number of methoxy groups -OCH3 is 1. The molecular formula is C10H14FNO2. The predicted octanol–water partition coefficient (Wildman–Crippen LogP) is 1.63. The largest absolute Gasteiger partial charge is 0.497 e. The highest BCUT2D eigenvalue weighted by Gasteiger charge is 2.02. The van der Waals surface area contributed by atoms with E-state index in [1.165, 1.54) is 13.2 Å². The zero-order chi connectivity index (χ0) is 10.4. The lowest BCUT2D eigenvalue weighted by Crippen LogP contribution is -2.05. The number of ether oxygens (including phenoxy) is 1. The highest BCUT2D eigenvalue weighted by Crippen LogP contribution is 2.19. The van der Waals surface area contributed by atoms with Gasteiger partial charge >= 0.3 is 0 Å². The zero-order valence-corrected chi connectivity index (χ0v) is 8.09. The normalized spacial score (nSPS) is 9.93. The van der Waals surface area contributed by atoms with Crippen LogP contribution < -0.4 is 10.1 Å². The molecule has 0 aliphatic heterocycles. The van der Waals surface area contributed by atoms with Gasteiger partial charge in [0.2, 0.25) is 0 Å². The molecule has 0 heterocycles. The van der Waals surface area contributed by atoms with Gasteiger partial charge in [0.1, 0.15) is 11.6 Å². The van der Waals surface area contributed by atoms with Crippen molar-refractivity contribution < 1.29 is 14.2 Å². The Morgan fingerprint density at radius 1 is 1.50 bits per heavy atom. The van der Waals surface area contributed by atoms with Crippen LogP contribution >= 0.6 is 0 Å². The molecule has 0 aromatic heterocycles. The smallest absolute Gasteiger partial charge is 0.149 e. The molecular weight excluding hydrogens is 185 g/mol. The van der Waals surface area contributed by atoms with Gasteiger partial charge in [-0.25, -0.2) is 4.39 Å². The molecule has 0 atom stereocenters. The molecule has 78 valence electrons. The number of hydrogen-bond donors (Lipinski definition) is 2. The summed E-state index contributed by atoms with van der Waals surface area (Å²) in [5, 5.41) is 11.4. The fraction of sp³-hybridized carbons (Fsp3) is 0.400. The lowest BCUT2D eigenvalue weighted by molar-refractivity contribution is 0.292. The van der Waals surface area contributed by atoms with Crippen LogP contribution in [0, 0.1) is 5.82 Å². The first kappa shape index (κ1) is 10.8. The summed E-state index contributed by atoms with van der Waals surface area (Å²) in [7, 11) is 1.49. The third-order valence-electron chi connectivity index (χ3n) is 1.83. The van der Waals surface area contributed by atoms with E-state index in [1.54, 1.807) is 12.1 Å². The van der Waals surface area contributed by atoms with Gasteiger partial charge in [0.15, 0.2) is 0 Å². The summed E-state index contributed by atoms with van der Waals surface area (Å²) >= 11 is 0. The number of halogens is 1. The van der Waals surface area contributed by atoms with E-state index in [0.29, 0.717) is 24.4 Å². The molecule has 0 unspecified atom stereocenters. The fourth-order valence-electron chi connectivity index (χ4n) is 1.07. The van der Waals surface area contributed by atoms with Gasteiger partial charge in [-0.2, -0.15) is 0 Å². The number of nitrogens with one attached hydrogen (secondary N) is 1. The molecule has 0 amide bonds. The van der Waals surface area contributed by atoms with Gasteiger partial charge in [-0.3, -0.25) is 0 Å². The monoisotopic (exact) mass is 199 g/mol. The zero-order valence-electron chi connectivity index (χ0n) is 8.09. The average Bonchev–Trinajstić information content (AvgIpc) is 2.20. The van der Waals surface area contributed by atoms with E-state index in [0.717, 1.165) is 0 Å². The van der Waals surface area contributed by atoms with Gasteiger partial charge in [-0.05, 0) is 18.6 Å². The minimum atomic E-state index is -0.345. The highest BCUT2D eigenvalue weighted by atomic mass is 19.1. The van der Waals surface area contributed by atoms with Crippen molar-refractivity contribution in [2.75, 3.05) is 25.6 Å². The Morgan fingerprint density at radius 2 is 2.29 bits per heavy atom. The second kappa shape index (κ2) is 5.44. The van der Waals surface area contributed by atoms with Gasteiger partial charge < -0.3 is 15.2 Å². The second-order valence-corrected chi connectivity index (χ2v) is 2.85. The summed E-state index contributed by atoms with van der Waals surface area (Å²) in [6.45, 7) is 0.657. The van der Waals surface area contributed by atoms with Crippen LogP contribution in [0.5, 0.6) is 5.75 Å². The van der Waals surface area contributed by atoms with Crippen molar-refractivity contribution >= 4 is 5.69 Å². The number of aliphatic hydroxyl groups excluding tert-OH is 1. The minimum Gasteiger partial charge on any atom is -0.497 e. The number of aliphatic hydroxyl groups is 1. The lowest BCUT2D eigenvalue weighted by atomic mass is 10.3. The van der Waals surface area contributed by atoms with Gasteiger partial charge in [0.25, 0.3) is 0 Å². The number of hydrogen-bond acceptors (Lipinski definition) is 3. The first-order valence-electron chi connectivity index (χ1n) is 4.46. The van der Waals surface area contributed by atoms with Crippen LogP contribution in [0.4, 0.5) is 10.1 Å². The maximum Gasteiger partial charge on any atom is 0.149 e. The first-order valence-corrected chi connectivity index (χ1v) is 4.46. The standard InChI is InChI=1S/C10H14FNO2/c1-14-8-3-4-10(9(11)7-8)12-5-2-6-13/h3-4,7,12-13H,2,5-6H2,1H3. The topological polar surface area (TPSA) is 41.5 Å². The molecule has 0 spiro atoms. The SMILES string of the molecule is COc1ccc(NCCCO)c(F)c1. The average molecular weight is 199 g/mol.